The van der Waals surface area contributed by atoms with Gasteiger partial charge in [-0.05, 0) is 30.9 Å². The Balaban J connectivity index is 2.04. The predicted octanol–water partition coefficient (Wildman–Crippen LogP) is 2.06. The first-order valence-corrected chi connectivity index (χ1v) is 5.88. The molecule has 0 amide bonds. The van der Waals surface area contributed by atoms with Gasteiger partial charge in [0.1, 0.15) is 5.82 Å². The highest BCUT2D eigenvalue weighted by atomic mass is 35.5. The zero-order chi connectivity index (χ0) is 10.7. The molecule has 1 aliphatic rings. The Kier molecular flexibility index (Phi) is 3.59. The second kappa shape index (κ2) is 4.94. The highest BCUT2D eigenvalue weighted by Gasteiger charge is 2.17. The Morgan fingerprint density at radius 2 is 2.33 bits per heavy atom. The van der Waals surface area contributed by atoms with Gasteiger partial charge in [-0.3, -0.25) is 4.57 Å². The summed E-state index contributed by atoms with van der Waals surface area (Å²) < 4.78 is 7.63. The molecule has 1 aromatic heterocycles. The van der Waals surface area contributed by atoms with Crippen LogP contribution in [0.25, 0.3) is 0 Å². The molecule has 1 aliphatic heterocycles. The highest BCUT2D eigenvalue weighted by molar-refractivity contribution is 6.28. The largest absolute Gasteiger partial charge is 0.376 e. The lowest BCUT2D eigenvalue weighted by molar-refractivity contribution is 0.00556. The molecule has 0 saturated carbocycles. The molecule has 0 radical (unpaired) electrons. The fraction of sp³-hybridized carbons (Fsp3) is 0.800. The molecule has 15 heavy (non-hydrogen) atoms. The summed E-state index contributed by atoms with van der Waals surface area (Å²) in [5.74, 6) is 0.939. The number of rotatable bonds is 3. The third-order valence-electron chi connectivity index (χ3n) is 2.76. The Morgan fingerprint density at radius 3 is 3.00 bits per heavy atom. The SMILES string of the molecule is CCc1nnc(Cl)n1CC1CCCCO1. The van der Waals surface area contributed by atoms with Crippen LogP contribution in [0.15, 0.2) is 0 Å². The van der Waals surface area contributed by atoms with Crippen molar-refractivity contribution in [3.63, 3.8) is 0 Å². The van der Waals surface area contributed by atoms with Crippen molar-refractivity contribution in [2.45, 2.75) is 45.3 Å². The molecule has 2 heterocycles. The molecule has 0 aromatic carbocycles. The summed E-state index contributed by atoms with van der Waals surface area (Å²) in [6, 6.07) is 0. The summed E-state index contributed by atoms with van der Waals surface area (Å²) in [6.07, 6.45) is 4.65. The summed E-state index contributed by atoms with van der Waals surface area (Å²) in [5.41, 5.74) is 0. The first-order valence-electron chi connectivity index (χ1n) is 5.50. The predicted molar refractivity (Wildman–Crippen MR) is 58.0 cm³/mol. The molecule has 1 unspecified atom stereocenters. The number of nitrogens with zero attached hydrogens (tertiary/aromatic N) is 3. The first kappa shape index (κ1) is 10.9. The molecule has 0 aliphatic carbocycles. The average Bonchev–Trinajstić information content (AvgIpc) is 2.62. The van der Waals surface area contributed by atoms with E-state index in [1.165, 1.54) is 12.8 Å². The molecule has 1 atom stereocenters. The van der Waals surface area contributed by atoms with Gasteiger partial charge in [0.15, 0.2) is 0 Å². The van der Waals surface area contributed by atoms with Gasteiger partial charge in [-0.2, -0.15) is 0 Å². The summed E-state index contributed by atoms with van der Waals surface area (Å²) in [7, 11) is 0. The van der Waals surface area contributed by atoms with E-state index in [-0.39, 0.29) is 6.10 Å². The number of hydrogen-bond acceptors (Lipinski definition) is 3. The van der Waals surface area contributed by atoms with E-state index in [1.54, 1.807) is 0 Å². The molecular weight excluding hydrogens is 214 g/mol. The maximum atomic E-state index is 5.98. The molecule has 0 bridgehead atoms. The van der Waals surface area contributed by atoms with Gasteiger partial charge < -0.3 is 4.74 Å². The quantitative estimate of drug-likeness (QED) is 0.797. The Hall–Kier alpha value is -0.610. The molecule has 2 rings (SSSR count). The highest BCUT2D eigenvalue weighted by Crippen LogP contribution is 2.17. The molecule has 1 fully saturated rings. The van der Waals surface area contributed by atoms with Crippen LogP contribution in [0.4, 0.5) is 0 Å². The Bertz CT molecular complexity index is 320. The van der Waals surface area contributed by atoms with Crippen LogP contribution in [0.1, 0.15) is 32.0 Å². The number of hydrogen-bond donors (Lipinski definition) is 0. The minimum atomic E-state index is 0.276. The van der Waals surface area contributed by atoms with Gasteiger partial charge in [0.05, 0.1) is 12.6 Å². The van der Waals surface area contributed by atoms with E-state index < -0.39 is 0 Å². The molecular formula is C10H16ClN3O. The standard InChI is InChI=1S/C10H16ClN3O/c1-2-9-12-13-10(11)14(9)7-8-5-3-4-6-15-8/h8H,2-7H2,1H3. The van der Waals surface area contributed by atoms with E-state index in [4.69, 9.17) is 16.3 Å². The van der Waals surface area contributed by atoms with E-state index >= 15 is 0 Å². The van der Waals surface area contributed by atoms with Crippen LogP contribution >= 0.6 is 11.6 Å². The minimum Gasteiger partial charge on any atom is -0.376 e. The smallest absolute Gasteiger partial charge is 0.225 e. The van der Waals surface area contributed by atoms with E-state index in [9.17, 15) is 0 Å². The van der Waals surface area contributed by atoms with Crippen LogP contribution < -0.4 is 0 Å². The van der Waals surface area contributed by atoms with Crippen molar-refractivity contribution in [3.8, 4) is 0 Å². The summed E-state index contributed by atoms with van der Waals surface area (Å²) in [4.78, 5) is 0. The fourth-order valence-corrected chi connectivity index (χ4v) is 2.12. The normalized spacial score (nSPS) is 21.9. The second-order valence-corrected chi connectivity index (χ2v) is 4.18. The fourth-order valence-electron chi connectivity index (χ4n) is 1.91. The van der Waals surface area contributed by atoms with Crippen molar-refractivity contribution in [1.29, 1.82) is 0 Å². The second-order valence-electron chi connectivity index (χ2n) is 3.84. The zero-order valence-corrected chi connectivity index (χ0v) is 9.70. The van der Waals surface area contributed by atoms with Gasteiger partial charge in [0, 0.05) is 13.0 Å². The molecule has 1 saturated heterocycles. The van der Waals surface area contributed by atoms with Crippen LogP contribution in [-0.4, -0.2) is 27.5 Å². The average molecular weight is 230 g/mol. The zero-order valence-electron chi connectivity index (χ0n) is 8.95. The van der Waals surface area contributed by atoms with E-state index in [0.29, 0.717) is 5.28 Å². The van der Waals surface area contributed by atoms with Crippen molar-refractivity contribution < 1.29 is 4.74 Å². The Morgan fingerprint density at radius 1 is 1.47 bits per heavy atom. The number of ether oxygens (including phenoxy) is 1. The minimum absolute atomic E-state index is 0.276. The van der Waals surface area contributed by atoms with Crippen molar-refractivity contribution >= 4 is 11.6 Å². The number of halogens is 1. The van der Waals surface area contributed by atoms with Crippen molar-refractivity contribution in [2.24, 2.45) is 0 Å². The van der Waals surface area contributed by atoms with Gasteiger partial charge in [-0.25, -0.2) is 0 Å². The van der Waals surface area contributed by atoms with Crippen molar-refractivity contribution in [2.75, 3.05) is 6.61 Å². The Labute approximate surface area is 94.6 Å². The van der Waals surface area contributed by atoms with E-state index in [1.807, 2.05) is 4.57 Å². The first-order chi connectivity index (χ1) is 7.31. The topological polar surface area (TPSA) is 39.9 Å². The lowest BCUT2D eigenvalue weighted by Crippen LogP contribution is -2.25. The van der Waals surface area contributed by atoms with Crippen LogP contribution in [0, 0.1) is 0 Å². The maximum Gasteiger partial charge on any atom is 0.225 e. The van der Waals surface area contributed by atoms with Crippen LogP contribution in [0.3, 0.4) is 0 Å². The number of aromatic nitrogens is 3. The lowest BCUT2D eigenvalue weighted by atomic mass is 10.1. The summed E-state index contributed by atoms with van der Waals surface area (Å²) in [6.45, 7) is 3.71. The van der Waals surface area contributed by atoms with E-state index in [2.05, 4.69) is 17.1 Å². The van der Waals surface area contributed by atoms with Gasteiger partial charge in [-0.15, -0.1) is 10.2 Å². The van der Waals surface area contributed by atoms with Gasteiger partial charge >= 0.3 is 0 Å². The van der Waals surface area contributed by atoms with Crippen LogP contribution in [-0.2, 0) is 17.7 Å². The summed E-state index contributed by atoms with van der Waals surface area (Å²) >= 11 is 5.98. The lowest BCUT2D eigenvalue weighted by Gasteiger charge is -2.23. The van der Waals surface area contributed by atoms with Gasteiger partial charge in [0.2, 0.25) is 5.28 Å². The van der Waals surface area contributed by atoms with Crippen LogP contribution in [0.5, 0.6) is 0 Å². The van der Waals surface area contributed by atoms with Crippen LogP contribution in [0.2, 0.25) is 5.28 Å². The molecule has 0 N–H and O–H groups in total. The molecule has 84 valence electrons. The molecule has 1 aromatic rings. The number of aryl methyl sites for hydroxylation is 1. The van der Waals surface area contributed by atoms with Gasteiger partial charge in [-0.1, -0.05) is 6.92 Å². The monoisotopic (exact) mass is 229 g/mol. The van der Waals surface area contributed by atoms with Crippen molar-refractivity contribution in [1.82, 2.24) is 14.8 Å². The maximum absolute atomic E-state index is 5.98. The molecule has 5 heteroatoms. The summed E-state index contributed by atoms with van der Waals surface area (Å²) in [5, 5.41) is 8.37. The third-order valence-corrected chi connectivity index (χ3v) is 3.04. The van der Waals surface area contributed by atoms with Crippen molar-refractivity contribution in [3.05, 3.63) is 11.1 Å². The molecule has 4 nitrogen and oxygen atoms in total. The van der Waals surface area contributed by atoms with E-state index in [0.717, 1.165) is 31.8 Å². The van der Waals surface area contributed by atoms with Gasteiger partial charge in [0.25, 0.3) is 0 Å². The molecule has 0 spiro atoms. The third kappa shape index (κ3) is 2.49.